The molecule has 1 unspecified atom stereocenters. The van der Waals surface area contributed by atoms with Crippen LogP contribution in [0.2, 0.25) is 6.32 Å². The average molecular weight is 423 g/mol. The molecule has 0 heterocycles. The standard InChI is InChI=1S/C24H34BNO2.CO2/c26-24(8-4-5-15-25(27)28)23-17-22(18-23)14-11-19-9-12-21(13-10-19)16-20-6-2-1-3-7-20;2-1-3/h1-3,6-7,9-10,12-13,22-24,27-28H,4-5,8,11,14-18,26H2;. The lowest BCUT2D eigenvalue weighted by Crippen LogP contribution is -2.39. The Balaban J connectivity index is 0.00000107. The van der Waals surface area contributed by atoms with E-state index in [1.165, 1.54) is 36.0 Å². The molecule has 0 spiro atoms. The Kier molecular flexibility index (Phi) is 11.3. The molecule has 1 saturated carbocycles. The summed E-state index contributed by atoms with van der Waals surface area (Å²) >= 11 is 0. The van der Waals surface area contributed by atoms with Crippen molar-refractivity contribution in [2.45, 2.75) is 63.7 Å². The average Bonchev–Trinajstić information content (AvgIpc) is 2.72. The Labute approximate surface area is 185 Å². The summed E-state index contributed by atoms with van der Waals surface area (Å²) in [5, 5.41) is 17.8. The minimum atomic E-state index is -1.17. The van der Waals surface area contributed by atoms with Crippen LogP contribution < -0.4 is 5.73 Å². The number of rotatable bonds is 11. The van der Waals surface area contributed by atoms with Crippen molar-refractivity contribution in [2.75, 3.05) is 0 Å². The van der Waals surface area contributed by atoms with E-state index < -0.39 is 7.12 Å². The van der Waals surface area contributed by atoms with Crippen molar-refractivity contribution < 1.29 is 19.6 Å². The fraction of sp³-hybridized carbons (Fsp3) is 0.480. The number of benzene rings is 2. The Morgan fingerprint density at radius 3 is 2.13 bits per heavy atom. The molecule has 5 nitrogen and oxygen atoms in total. The smallest absolute Gasteiger partial charge is 0.427 e. The molecule has 0 aliphatic heterocycles. The van der Waals surface area contributed by atoms with Gasteiger partial charge in [-0.3, -0.25) is 0 Å². The molecular formula is C25H34BNO4. The molecule has 2 aromatic rings. The van der Waals surface area contributed by atoms with E-state index in [0.717, 1.165) is 38.0 Å². The quantitative estimate of drug-likeness (QED) is 0.379. The maximum Gasteiger partial charge on any atom is 0.451 e. The van der Waals surface area contributed by atoms with Gasteiger partial charge in [0.1, 0.15) is 0 Å². The second-order valence-corrected chi connectivity index (χ2v) is 8.63. The zero-order chi connectivity index (χ0) is 22.5. The summed E-state index contributed by atoms with van der Waals surface area (Å²) in [6.07, 6.45) is 9.51. The number of hydrogen-bond acceptors (Lipinski definition) is 5. The lowest BCUT2D eigenvalue weighted by molar-refractivity contribution is -0.191. The molecule has 6 heteroatoms. The van der Waals surface area contributed by atoms with Gasteiger partial charge in [0, 0.05) is 6.04 Å². The second kappa shape index (κ2) is 13.9. The van der Waals surface area contributed by atoms with Gasteiger partial charge < -0.3 is 15.8 Å². The first-order valence-electron chi connectivity index (χ1n) is 11.2. The topological polar surface area (TPSA) is 101 Å². The first kappa shape index (κ1) is 25.0. The van der Waals surface area contributed by atoms with Crippen molar-refractivity contribution in [2.24, 2.45) is 17.6 Å². The summed E-state index contributed by atoms with van der Waals surface area (Å²) < 4.78 is 0. The third kappa shape index (κ3) is 9.62. The molecule has 0 amide bonds. The lowest BCUT2D eigenvalue weighted by Gasteiger charge is -2.39. The monoisotopic (exact) mass is 423 g/mol. The molecule has 1 aliphatic rings. The largest absolute Gasteiger partial charge is 0.451 e. The molecule has 166 valence electrons. The predicted octanol–water partition coefficient (Wildman–Crippen LogP) is 3.62. The SMILES string of the molecule is NC(CCCCB(O)O)C1CC(CCc2ccc(Cc3ccccc3)cc2)C1.O=C=O. The van der Waals surface area contributed by atoms with Gasteiger partial charge in [-0.15, -0.1) is 0 Å². The maximum absolute atomic E-state index is 8.88. The van der Waals surface area contributed by atoms with Crippen molar-refractivity contribution in [3.63, 3.8) is 0 Å². The van der Waals surface area contributed by atoms with Crippen LogP contribution in [0.3, 0.4) is 0 Å². The number of unbranched alkanes of at least 4 members (excludes halogenated alkanes) is 1. The normalized spacial score (nSPS) is 18.2. The van der Waals surface area contributed by atoms with Crippen LogP contribution in [0.1, 0.15) is 55.2 Å². The van der Waals surface area contributed by atoms with Gasteiger partial charge in [0.15, 0.2) is 0 Å². The van der Waals surface area contributed by atoms with Crippen LogP contribution >= 0.6 is 0 Å². The van der Waals surface area contributed by atoms with E-state index in [1.807, 2.05) is 0 Å². The van der Waals surface area contributed by atoms with Crippen LogP contribution in [0.5, 0.6) is 0 Å². The number of hydrogen-bond donors (Lipinski definition) is 3. The van der Waals surface area contributed by atoms with E-state index in [9.17, 15) is 0 Å². The highest BCUT2D eigenvalue weighted by Gasteiger charge is 2.32. The first-order chi connectivity index (χ1) is 15.0. The van der Waals surface area contributed by atoms with E-state index in [2.05, 4.69) is 54.6 Å². The highest BCUT2D eigenvalue weighted by molar-refractivity contribution is 6.40. The van der Waals surface area contributed by atoms with Crippen molar-refractivity contribution in [1.82, 2.24) is 0 Å². The fourth-order valence-corrected chi connectivity index (χ4v) is 4.34. The van der Waals surface area contributed by atoms with E-state index in [0.29, 0.717) is 12.2 Å². The molecular weight excluding hydrogens is 389 g/mol. The van der Waals surface area contributed by atoms with Crippen LogP contribution in [0.15, 0.2) is 54.6 Å². The van der Waals surface area contributed by atoms with Gasteiger partial charge in [-0.25, -0.2) is 0 Å². The summed E-state index contributed by atoms with van der Waals surface area (Å²) in [5.41, 5.74) is 10.5. The van der Waals surface area contributed by atoms with Gasteiger partial charge in [0.2, 0.25) is 0 Å². The number of carbonyl (C=O) groups excluding carboxylic acids is 2. The number of aryl methyl sites for hydroxylation is 1. The summed E-state index contributed by atoms with van der Waals surface area (Å²) in [7, 11) is -1.17. The van der Waals surface area contributed by atoms with Gasteiger partial charge in [-0.1, -0.05) is 67.4 Å². The van der Waals surface area contributed by atoms with E-state index in [1.54, 1.807) is 0 Å². The van der Waals surface area contributed by atoms with Gasteiger partial charge in [0.05, 0.1) is 0 Å². The summed E-state index contributed by atoms with van der Waals surface area (Å²) in [6.45, 7) is 0. The Morgan fingerprint density at radius 2 is 1.52 bits per heavy atom. The molecule has 31 heavy (non-hydrogen) atoms. The predicted molar refractivity (Wildman–Crippen MR) is 122 cm³/mol. The van der Waals surface area contributed by atoms with Crippen molar-refractivity contribution >= 4 is 13.3 Å². The minimum Gasteiger partial charge on any atom is -0.427 e. The minimum absolute atomic E-state index is 0.250. The van der Waals surface area contributed by atoms with Crippen LogP contribution in [-0.4, -0.2) is 29.4 Å². The third-order valence-corrected chi connectivity index (χ3v) is 6.24. The summed E-state index contributed by atoms with van der Waals surface area (Å²) in [6, 6.07) is 20.0. The van der Waals surface area contributed by atoms with E-state index in [-0.39, 0.29) is 12.2 Å². The first-order valence-corrected chi connectivity index (χ1v) is 11.2. The molecule has 0 radical (unpaired) electrons. The van der Waals surface area contributed by atoms with E-state index in [4.69, 9.17) is 25.4 Å². The summed E-state index contributed by atoms with van der Waals surface area (Å²) in [5.74, 6) is 1.48. The van der Waals surface area contributed by atoms with Gasteiger partial charge in [-0.05, 0) is 73.4 Å². The van der Waals surface area contributed by atoms with Crippen LogP contribution in [-0.2, 0) is 22.4 Å². The van der Waals surface area contributed by atoms with Crippen LogP contribution in [0, 0.1) is 11.8 Å². The Bertz CT molecular complexity index is 770. The number of nitrogens with two attached hydrogens (primary N) is 1. The van der Waals surface area contributed by atoms with Gasteiger partial charge >= 0.3 is 13.3 Å². The van der Waals surface area contributed by atoms with Crippen molar-refractivity contribution in [1.29, 1.82) is 0 Å². The van der Waals surface area contributed by atoms with Crippen molar-refractivity contribution in [3.8, 4) is 0 Å². The molecule has 0 bridgehead atoms. The molecule has 1 atom stereocenters. The maximum atomic E-state index is 8.88. The van der Waals surface area contributed by atoms with Crippen LogP contribution in [0.25, 0.3) is 0 Å². The molecule has 2 aromatic carbocycles. The Morgan fingerprint density at radius 1 is 0.935 bits per heavy atom. The Hall–Kier alpha value is -2.24. The molecule has 0 saturated heterocycles. The van der Waals surface area contributed by atoms with Crippen LogP contribution in [0.4, 0.5) is 0 Å². The van der Waals surface area contributed by atoms with Gasteiger partial charge in [0.25, 0.3) is 0 Å². The molecule has 0 aromatic heterocycles. The highest BCUT2D eigenvalue weighted by Crippen LogP contribution is 2.39. The van der Waals surface area contributed by atoms with Gasteiger partial charge in [-0.2, -0.15) is 9.59 Å². The van der Waals surface area contributed by atoms with Crippen molar-refractivity contribution in [3.05, 3.63) is 71.3 Å². The van der Waals surface area contributed by atoms with E-state index >= 15 is 0 Å². The fourth-order valence-electron chi connectivity index (χ4n) is 4.34. The zero-order valence-corrected chi connectivity index (χ0v) is 18.2. The molecule has 3 rings (SSSR count). The highest BCUT2D eigenvalue weighted by atomic mass is 16.4. The second-order valence-electron chi connectivity index (χ2n) is 8.63. The molecule has 4 N–H and O–H groups in total. The lowest BCUT2D eigenvalue weighted by atomic mass is 9.68. The third-order valence-electron chi connectivity index (χ3n) is 6.24. The molecule has 1 fully saturated rings. The zero-order valence-electron chi connectivity index (χ0n) is 18.2. The molecule has 1 aliphatic carbocycles. The summed E-state index contributed by atoms with van der Waals surface area (Å²) in [4.78, 5) is 16.2.